The van der Waals surface area contributed by atoms with Gasteiger partial charge in [0.25, 0.3) is 0 Å². The number of thiophene rings is 1. The van der Waals surface area contributed by atoms with Gasteiger partial charge in [0.05, 0.1) is 0 Å². The molecular weight excluding hydrogens is 268 g/mol. The zero-order valence-electron chi connectivity index (χ0n) is 10.6. The van der Waals surface area contributed by atoms with Crippen molar-refractivity contribution >= 4 is 11.3 Å². The van der Waals surface area contributed by atoms with Crippen LogP contribution in [0.1, 0.15) is 9.75 Å². The van der Waals surface area contributed by atoms with Crippen molar-refractivity contribution in [1.29, 1.82) is 0 Å². The van der Waals surface area contributed by atoms with E-state index in [0.717, 1.165) is 24.7 Å². The molecule has 19 heavy (non-hydrogen) atoms. The third-order valence-corrected chi connectivity index (χ3v) is 3.53. The summed E-state index contributed by atoms with van der Waals surface area (Å²) < 4.78 is 31.3. The molecule has 0 unspecified atom stereocenters. The molecule has 1 aromatic heterocycles. The Morgan fingerprint density at radius 1 is 1.21 bits per heavy atom. The fraction of sp³-hybridized carbons (Fsp3) is 0.286. The number of nitrogens with one attached hydrogen (secondary N) is 1. The van der Waals surface area contributed by atoms with Gasteiger partial charge in [-0.2, -0.15) is 0 Å². The predicted molar refractivity (Wildman–Crippen MR) is 72.6 cm³/mol. The van der Waals surface area contributed by atoms with Gasteiger partial charge in [-0.25, -0.2) is 8.78 Å². The first-order chi connectivity index (χ1) is 9.15. The molecule has 0 aliphatic heterocycles. The summed E-state index contributed by atoms with van der Waals surface area (Å²) in [6, 6.07) is 7.32. The largest absolute Gasteiger partial charge is 0.489 e. The lowest BCUT2D eigenvalue weighted by Crippen LogP contribution is -2.20. The Morgan fingerprint density at radius 2 is 2.05 bits per heavy atom. The van der Waals surface area contributed by atoms with Gasteiger partial charge < -0.3 is 10.1 Å². The molecule has 0 aliphatic rings. The molecule has 2 nitrogen and oxygen atoms in total. The Bertz CT molecular complexity index is 542. The zero-order valence-corrected chi connectivity index (χ0v) is 11.4. The maximum absolute atomic E-state index is 13.2. The standard InChI is InChI=1S/C14H15F2NOS/c1-10-2-4-12(19-10)9-17-6-7-18-14-8-11(15)3-5-13(14)16/h2-5,8,17H,6-7,9H2,1H3. The zero-order chi connectivity index (χ0) is 13.7. The number of rotatable bonds is 6. The van der Waals surface area contributed by atoms with Crippen LogP contribution in [0, 0.1) is 18.6 Å². The van der Waals surface area contributed by atoms with Gasteiger partial charge >= 0.3 is 0 Å². The van der Waals surface area contributed by atoms with E-state index in [1.165, 1.54) is 9.75 Å². The van der Waals surface area contributed by atoms with E-state index in [1.807, 2.05) is 0 Å². The van der Waals surface area contributed by atoms with Crippen LogP contribution in [0.4, 0.5) is 8.78 Å². The highest BCUT2D eigenvalue weighted by atomic mass is 32.1. The number of aryl methyl sites for hydroxylation is 1. The molecule has 2 aromatic rings. The normalized spacial score (nSPS) is 10.7. The van der Waals surface area contributed by atoms with Gasteiger partial charge in [-0.15, -0.1) is 11.3 Å². The van der Waals surface area contributed by atoms with Gasteiger partial charge in [0.1, 0.15) is 12.4 Å². The van der Waals surface area contributed by atoms with Crippen molar-refractivity contribution < 1.29 is 13.5 Å². The van der Waals surface area contributed by atoms with Crippen LogP contribution in [0.2, 0.25) is 0 Å². The number of ether oxygens (including phenoxy) is 1. The first-order valence-electron chi connectivity index (χ1n) is 5.99. The minimum Gasteiger partial charge on any atom is -0.489 e. The van der Waals surface area contributed by atoms with Crippen LogP contribution in [-0.4, -0.2) is 13.2 Å². The highest BCUT2D eigenvalue weighted by Gasteiger charge is 2.04. The van der Waals surface area contributed by atoms with Crippen LogP contribution < -0.4 is 10.1 Å². The van der Waals surface area contributed by atoms with E-state index in [0.29, 0.717) is 13.2 Å². The minimum absolute atomic E-state index is 0.0474. The van der Waals surface area contributed by atoms with Crippen LogP contribution in [-0.2, 0) is 6.54 Å². The highest BCUT2D eigenvalue weighted by molar-refractivity contribution is 7.11. The highest BCUT2D eigenvalue weighted by Crippen LogP contribution is 2.17. The molecule has 0 spiro atoms. The molecule has 0 fully saturated rings. The summed E-state index contributed by atoms with van der Waals surface area (Å²) >= 11 is 1.73. The van der Waals surface area contributed by atoms with Crippen molar-refractivity contribution in [2.75, 3.05) is 13.2 Å². The van der Waals surface area contributed by atoms with Crippen molar-refractivity contribution in [3.05, 3.63) is 51.7 Å². The molecule has 0 saturated heterocycles. The summed E-state index contributed by atoms with van der Waals surface area (Å²) in [5.74, 6) is -1.09. The Kier molecular flexibility index (Phi) is 4.87. The first-order valence-corrected chi connectivity index (χ1v) is 6.80. The maximum atomic E-state index is 13.2. The van der Waals surface area contributed by atoms with Gasteiger partial charge in [-0.3, -0.25) is 0 Å². The number of benzene rings is 1. The van der Waals surface area contributed by atoms with Crippen LogP contribution in [0.15, 0.2) is 30.3 Å². The van der Waals surface area contributed by atoms with E-state index in [2.05, 4.69) is 24.4 Å². The molecule has 0 bridgehead atoms. The van der Waals surface area contributed by atoms with Crippen molar-refractivity contribution in [2.45, 2.75) is 13.5 Å². The molecule has 1 aromatic carbocycles. The molecule has 1 heterocycles. The van der Waals surface area contributed by atoms with Gasteiger partial charge in [-0.05, 0) is 31.2 Å². The second kappa shape index (κ2) is 6.63. The summed E-state index contributed by atoms with van der Waals surface area (Å²) in [6.45, 7) is 3.69. The van der Waals surface area contributed by atoms with E-state index >= 15 is 0 Å². The Labute approximate surface area is 115 Å². The monoisotopic (exact) mass is 283 g/mol. The van der Waals surface area contributed by atoms with E-state index in [1.54, 1.807) is 11.3 Å². The fourth-order valence-electron chi connectivity index (χ4n) is 1.61. The number of hydrogen-bond donors (Lipinski definition) is 1. The van der Waals surface area contributed by atoms with E-state index in [4.69, 9.17) is 4.74 Å². The van der Waals surface area contributed by atoms with Gasteiger partial charge in [0.15, 0.2) is 11.6 Å². The lowest BCUT2D eigenvalue weighted by Gasteiger charge is -2.07. The fourth-order valence-corrected chi connectivity index (χ4v) is 2.47. The molecule has 0 atom stereocenters. The molecule has 0 amide bonds. The van der Waals surface area contributed by atoms with Crippen LogP contribution in [0.3, 0.4) is 0 Å². The van der Waals surface area contributed by atoms with Gasteiger partial charge in [0.2, 0.25) is 0 Å². The smallest absolute Gasteiger partial charge is 0.165 e. The van der Waals surface area contributed by atoms with Crippen LogP contribution in [0.5, 0.6) is 5.75 Å². The van der Waals surface area contributed by atoms with Crippen molar-refractivity contribution in [3.63, 3.8) is 0 Å². The lowest BCUT2D eigenvalue weighted by molar-refractivity contribution is 0.297. The summed E-state index contributed by atoms with van der Waals surface area (Å²) in [6.07, 6.45) is 0. The summed E-state index contributed by atoms with van der Waals surface area (Å²) in [5, 5.41) is 3.19. The van der Waals surface area contributed by atoms with Crippen molar-refractivity contribution in [3.8, 4) is 5.75 Å². The predicted octanol–water partition coefficient (Wildman–Crippen LogP) is 3.50. The lowest BCUT2D eigenvalue weighted by atomic mass is 10.3. The molecule has 0 radical (unpaired) electrons. The van der Waals surface area contributed by atoms with E-state index < -0.39 is 11.6 Å². The third-order valence-electron chi connectivity index (χ3n) is 2.52. The quantitative estimate of drug-likeness (QED) is 0.819. The average Bonchev–Trinajstić information content (AvgIpc) is 2.79. The summed E-state index contributed by atoms with van der Waals surface area (Å²) in [7, 11) is 0. The third kappa shape index (κ3) is 4.29. The second-order valence-electron chi connectivity index (χ2n) is 4.11. The molecule has 5 heteroatoms. The van der Waals surface area contributed by atoms with Crippen LogP contribution in [0.25, 0.3) is 0 Å². The molecule has 0 aliphatic carbocycles. The van der Waals surface area contributed by atoms with Gasteiger partial charge in [-0.1, -0.05) is 0 Å². The van der Waals surface area contributed by atoms with Crippen molar-refractivity contribution in [1.82, 2.24) is 5.32 Å². The summed E-state index contributed by atoms with van der Waals surface area (Å²) in [4.78, 5) is 2.52. The minimum atomic E-state index is -0.546. The number of hydrogen-bond acceptors (Lipinski definition) is 3. The second-order valence-corrected chi connectivity index (χ2v) is 5.48. The molecule has 1 N–H and O–H groups in total. The topological polar surface area (TPSA) is 21.3 Å². The molecule has 2 rings (SSSR count). The molecule has 102 valence electrons. The van der Waals surface area contributed by atoms with Gasteiger partial charge in [0, 0.05) is 28.9 Å². The Hall–Kier alpha value is -1.46. The van der Waals surface area contributed by atoms with E-state index in [-0.39, 0.29) is 5.75 Å². The number of halogens is 2. The average molecular weight is 283 g/mol. The molecular formula is C14H15F2NOS. The maximum Gasteiger partial charge on any atom is 0.165 e. The van der Waals surface area contributed by atoms with E-state index in [9.17, 15) is 8.78 Å². The summed E-state index contributed by atoms with van der Waals surface area (Å²) in [5.41, 5.74) is 0. The van der Waals surface area contributed by atoms with Crippen LogP contribution >= 0.6 is 11.3 Å². The van der Waals surface area contributed by atoms with Crippen molar-refractivity contribution in [2.24, 2.45) is 0 Å². The Balaban J connectivity index is 1.70. The SMILES string of the molecule is Cc1ccc(CNCCOc2cc(F)ccc2F)s1. The first kappa shape index (κ1) is 14.0. The Morgan fingerprint density at radius 3 is 2.79 bits per heavy atom. The molecule has 0 saturated carbocycles.